The lowest BCUT2D eigenvalue weighted by Gasteiger charge is -2.11. The van der Waals surface area contributed by atoms with E-state index in [0.29, 0.717) is 0 Å². The van der Waals surface area contributed by atoms with Gasteiger partial charge < -0.3 is 5.73 Å². The van der Waals surface area contributed by atoms with Crippen molar-refractivity contribution in [1.82, 2.24) is 14.5 Å². The molecule has 1 aromatic heterocycles. The minimum absolute atomic E-state index is 0.0205. The first-order chi connectivity index (χ1) is 9.86. The number of halogens is 1. The molecular weight excluding hydrogens is 295 g/mol. The Balaban J connectivity index is 2.27. The van der Waals surface area contributed by atoms with E-state index in [1.165, 1.54) is 18.2 Å². The maximum Gasteiger partial charge on any atom is 0.241 e. The zero-order valence-electron chi connectivity index (χ0n) is 11.8. The van der Waals surface area contributed by atoms with Gasteiger partial charge in [-0.3, -0.25) is 4.68 Å². The third-order valence-electron chi connectivity index (χ3n) is 3.36. The van der Waals surface area contributed by atoms with Crippen LogP contribution in [0.15, 0.2) is 29.3 Å². The summed E-state index contributed by atoms with van der Waals surface area (Å²) in [4.78, 5) is -0.133. The Hall–Kier alpha value is -1.77. The van der Waals surface area contributed by atoms with E-state index < -0.39 is 15.8 Å². The second-order valence-corrected chi connectivity index (χ2v) is 6.36. The average Bonchev–Trinajstić information content (AvgIpc) is 2.76. The maximum atomic E-state index is 13.6. The number of sulfonamides is 1. The minimum Gasteiger partial charge on any atom is -0.326 e. The zero-order valence-corrected chi connectivity index (χ0v) is 12.6. The van der Waals surface area contributed by atoms with E-state index in [4.69, 9.17) is 5.73 Å². The number of aryl methyl sites for hydroxylation is 1. The van der Waals surface area contributed by atoms with E-state index in [9.17, 15) is 12.8 Å². The van der Waals surface area contributed by atoms with Crippen molar-refractivity contribution in [3.8, 4) is 0 Å². The molecule has 6 nitrogen and oxygen atoms in total. The molecule has 8 heteroatoms. The Morgan fingerprint density at radius 2 is 2.14 bits per heavy atom. The van der Waals surface area contributed by atoms with E-state index in [2.05, 4.69) is 9.82 Å². The standard InChI is InChI=1S/C13H17FN4O2S/c1-9-10(7-16-18(9)2)8-17-21(19,20)13-5-3-4-12(14)11(13)6-15/h3-5,7,17H,6,8,15H2,1-2H3. The number of hydrogen-bond acceptors (Lipinski definition) is 4. The van der Waals surface area contributed by atoms with E-state index in [1.807, 2.05) is 6.92 Å². The molecule has 1 heterocycles. The van der Waals surface area contributed by atoms with E-state index in [-0.39, 0.29) is 23.5 Å². The zero-order chi connectivity index (χ0) is 15.6. The quantitative estimate of drug-likeness (QED) is 0.854. The van der Waals surface area contributed by atoms with Gasteiger partial charge in [-0.25, -0.2) is 17.5 Å². The van der Waals surface area contributed by atoms with Crippen LogP contribution in [0.5, 0.6) is 0 Å². The van der Waals surface area contributed by atoms with Crippen LogP contribution in [0.2, 0.25) is 0 Å². The van der Waals surface area contributed by atoms with Gasteiger partial charge in [0, 0.05) is 37.0 Å². The van der Waals surface area contributed by atoms with Crippen molar-refractivity contribution >= 4 is 10.0 Å². The predicted octanol–water partition coefficient (Wildman–Crippen LogP) is 0.805. The fourth-order valence-corrected chi connectivity index (χ4v) is 3.22. The number of nitrogens with zero attached hydrogens (tertiary/aromatic N) is 2. The van der Waals surface area contributed by atoms with Crippen molar-refractivity contribution < 1.29 is 12.8 Å². The molecule has 0 saturated heterocycles. The molecule has 0 bridgehead atoms. The topological polar surface area (TPSA) is 90.0 Å². The van der Waals surface area contributed by atoms with Crippen LogP contribution in [0.1, 0.15) is 16.8 Å². The summed E-state index contributed by atoms with van der Waals surface area (Å²) in [5.41, 5.74) is 7.03. The molecule has 0 spiro atoms. The summed E-state index contributed by atoms with van der Waals surface area (Å²) in [7, 11) is -2.07. The van der Waals surface area contributed by atoms with Gasteiger partial charge in [0.15, 0.2) is 0 Å². The molecule has 3 N–H and O–H groups in total. The number of aromatic nitrogens is 2. The molecule has 0 radical (unpaired) electrons. The summed E-state index contributed by atoms with van der Waals surface area (Å²) < 4.78 is 42.3. The predicted molar refractivity (Wildman–Crippen MR) is 76.3 cm³/mol. The number of nitrogens with one attached hydrogen (secondary N) is 1. The Kier molecular flexibility index (Phi) is 4.40. The van der Waals surface area contributed by atoms with Crippen molar-refractivity contribution in [3.63, 3.8) is 0 Å². The molecule has 0 saturated carbocycles. The summed E-state index contributed by atoms with van der Waals surface area (Å²) in [5.74, 6) is -0.627. The summed E-state index contributed by atoms with van der Waals surface area (Å²) in [6.07, 6.45) is 1.59. The fourth-order valence-electron chi connectivity index (χ4n) is 1.96. The molecule has 0 aliphatic rings. The highest BCUT2D eigenvalue weighted by atomic mass is 32.2. The number of nitrogens with two attached hydrogens (primary N) is 1. The number of hydrogen-bond donors (Lipinski definition) is 2. The second-order valence-electron chi connectivity index (χ2n) is 4.62. The van der Waals surface area contributed by atoms with Gasteiger partial charge >= 0.3 is 0 Å². The summed E-state index contributed by atoms with van der Waals surface area (Å²) in [5, 5.41) is 4.04. The summed E-state index contributed by atoms with van der Waals surface area (Å²) in [6.45, 7) is 1.74. The number of rotatable bonds is 5. The molecule has 0 amide bonds. The fraction of sp³-hybridized carbons (Fsp3) is 0.308. The SMILES string of the molecule is Cc1c(CNS(=O)(=O)c2cccc(F)c2CN)cnn1C. The third kappa shape index (κ3) is 3.12. The molecular formula is C13H17FN4O2S. The van der Waals surface area contributed by atoms with Gasteiger partial charge in [0.1, 0.15) is 5.82 Å². The second kappa shape index (κ2) is 5.92. The molecule has 114 valence electrons. The van der Waals surface area contributed by atoms with Crippen LogP contribution < -0.4 is 10.5 Å². The average molecular weight is 312 g/mol. The highest BCUT2D eigenvalue weighted by Gasteiger charge is 2.20. The third-order valence-corrected chi connectivity index (χ3v) is 4.84. The highest BCUT2D eigenvalue weighted by molar-refractivity contribution is 7.89. The van der Waals surface area contributed by atoms with Gasteiger partial charge in [-0.15, -0.1) is 0 Å². The van der Waals surface area contributed by atoms with E-state index >= 15 is 0 Å². The molecule has 0 aliphatic carbocycles. The smallest absolute Gasteiger partial charge is 0.241 e. The first kappa shape index (κ1) is 15.6. The molecule has 21 heavy (non-hydrogen) atoms. The van der Waals surface area contributed by atoms with Gasteiger partial charge in [-0.05, 0) is 19.1 Å². The van der Waals surface area contributed by atoms with Crippen LogP contribution in [0.4, 0.5) is 4.39 Å². The largest absolute Gasteiger partial charge is 0.326 e. The van der Waals surface area contributed by atoms with Crippen molar-refractivity contribution in [1.29, 1.82) is 0 Å². The van der Waals surface area contributed by atoms with Crippen LogP contribution in [-0.4, -0.2) is 18.2 Å². The van der Waals surface area contributed by atoms with Gasteiger partial charge in [0.2, 0.25) is 10.0 Å². The Labute approximate surface area is 122 Å². The van der Waals surface area contributed by atoms with Gasteiger partial charge in [0.25, 0.3) is 0 Å². The number of benzene rings is 1. The monoisotopic (exact) mass is 312 g/mol. The molecule has 1 aromatic carbocycles. The van der Waals surface area contributed by atoms with Crippen molar-refractivity contribution in [2.24, 2.45) is 12.8 Å². The highest BCUT2D eigenvalue weighted by Crippen LogP contribution is 2.19. The molecule has 0 unspecified atom stereocenters. The van der Waals surface area contributed by atoms with E-state index in [0.717, 1.165) is 11.3 Å². The lowest BCUT2D eigenvalue weighted by atomic mass is 10.2. The van der Waals surface area contributed by atoms with Crippen LogP contribution in [-0.2, 0) is 30.2 Å². The Morgan fingerprint density at radius 3 is 2.71 bits per heavy atom. The van der Waals surface area contributed by atoms with Gasteiger partial charge in [-0.1, -0.05) is 6.07 Å². The van der Waals surface area contributed by atoms with E-state index in [1.54, 1.807) is 17.9 Å². The molecule has 0 fully saturated rings. The van der Waals surface area contributed by atoms with Crippen LogP contribution in [0, 0.1) is 12.7 Å². The van der Waals surface area contributed by atoms with Crippen LogP contribution in [0.25, 0.3) is 0 Å². The minimum atomic E-state index is -3.84. The summed E-state index contributed by atoms with van der Waals surface area (Å²) in [6, 6.07) is 3.87. The van der Waals surface area contributed by atoms with Crippen LogP contribution in [0.3, 0.4) is 0 Å². The normalized spacial score (nSPS) is 11.8. The molecule has 0 aliphatic heterocycles. The molecule has 2 aromatic rings. The summed E-state index contributed by atoms with van der Waals surface area (Å²) >= 11 is 0. The lowest BCUT2D eigenvalue weighted by molar-refractivity contribution is 0.571. The van der Waals surface area contributed by atoms with Crippen LogP contribution >= 0.6 is 0 Å². The Morgan fingerprint density at radius 1 is 1.43 bits per heavy atom. The molecule has 2 rings (SSSR count). The lowest BCUT2D eigenvalue weighted by Crippen LogP contribution is -2.25. The Bertz CT molecular complexity index is 756. The first-order valence-electron chi connectivity index (χ1n) is 6.31. The van der Waals surface area contributed by atoms with Gasteiger partial charge in [-0.2, -0.15) is 5.10 Å². The van der Waals surface area contributed by atoms with Crippen molar-refractivity contribution in [3.05, 3.63) is 47.0 Å². The molecule has 0 atom stereocenters. The van der Waals surface area contributed by atoms with Crippen molar-refractivity contribution in [2.75, 3.05) is 0 Å². The first-order valence-corrected chi connectivity index (χ1v) is 7.79. The van der Waals surface area contributed by atoms with Crippen molar-refractivity contribution in [2.45, 2.75) is 24.9 Å². The maximum absolute atomic E-state index is 13.6. The van der Waals surface area contributed by atoms with Gasteiger partial charge in [0.05, 0.1) is 11.1 Å².